The van der Waals surface area contributed by atoms with E-state index in [0.717, 1.165) is 11.1 Å². The SMILES string of the molecule is [Ag].c1ccc(COOCc2ccccc2)cc1. The molecule has 0 saturated heterocycles. The second-order valence-corrected chi connectivity index (χ2v) is 3.50. The number of hydrogen-bond donors (Lipinski definition) is 0. The maximum absolute atomic E-state index is 5.12. The van der Waals surface area contributed by atoms with Crippen molar-refractivity contribution >= 4 is 0 Å². The van der Waals surface area contributed by atoms with Crippen LogP contribution in [0, 0.1) is 0 Å². The summed E-state index contributed by atoms with van der Waals surface area (Å²) in [6.45, 7) is 0.960. The van der Waals surface area contributed by atoms with Crippen molar-refractivity contribution in [1.82, 2.24) is 0 Å². The number of hydrogen-bond acceptors (Lipinski definition) is 2. The maximum Gasteiger partial charge on any atom is 0.107 e. The zero-order chi connectivity index (χ0) is 11.1. The van der Waals surface area contributed by atoms with Crippen molar-refractivity contribution in [2.75, 3.05) is 0 Å². The van der Waals surface area contributed by atoms with Crippen molar-refractivity contribution in [1.29, 1.82) is 0 Å². The first-order chi connectivity index (χ1) is 7.95. The predicted molar refractivity (Wildman–Crippen MR) is 62.5 cm³/mol. The van der Waals surface area contributed by atoms with Crippen LogP contribution >= 0.6 is 0 Å². The summed E-state index contributed by atoms with van der Waals surface area (Å²) in [5, 5.41) is 0. The molecule has 0 spiro atoms. The molecule has 0 aromatic heterocycles. The molecular weight excluding hydrogens is 308 g/mol. The van der Waals surface area contributed by atoms with E-state index < -0.39 is 0 Å². The molecule has 0 heterocycles. The molecule has 17 heavy (non-hydrogen) atoms. The van der Waals surface area contributed by atoms with Crippen molar-refractivity contribution in [3.8, 4) is 0 Å². The van der Waals surface area contributed by atoms with Gasteiger partial charge < -0.3 is 0 Å². The molecule has 0 N–H and O–H groups in total. The van der Waals surface area contributed by atoms with Gasteiger partial charge in [0.05, 0.1) is 0 Å². The monoisotopic (exact) mass is 321 g/mol. The van der Waals surface area contributed by atoms with Crippen molar-refractivity contribution in [3.63, 3.8) is 0 Å². The van der Waals surface area contributed by atoms with E-state index in [9.17, 15) is 0 Å². The van der Waals surface area contributed by atoms with Crippen LogP contribution < -0.4 is 0 Å². The van der Waals surface area contributed by atoms with Gasteiger partial charge in [0.25, 0.3) is 0 Å². The topological polar surface area (TPSA) is 18.5 Å². The van der Waals surface area contributed by atoms with Crippen LogP contribution in [0.1, 0.15) is 11.1 Å². The van der Waals surface area contributed by atoms with Gasteiger partial charge in [-0.25, -0.2) is 9.78 Å². The van der Waals surface area contributed by atoms with Crippen LogP contribution in [0.3, 0.4) is 0 Å². The molecule has 0 bridgehead atoms. The molecule has 0 saturated carbocycles. The first-order valence-corrected chi connectivity index (χ1v) is 5.27. The summed E-state index contributed by atoms with van der Waals surface area (Å²) in [5.41, 5.74) is 2.21. The molecule has 93 valence electrons. The third-order valence-electron chi connectivity index (χ3n) is 2.22. The van der Waals surface area contributed by atoms with E-state index >= 15 is 0 Å². The van der Waals surface area contributed by atoms with Crippen LogP contribution in [0.2, 0.25) is 0 Å². The molecule has 0 aliphatic heterocycles. The smallest absolute Gasteiger partial charge is 0.107 e. The minimum atomic E-state index is 0. The average molecular weight is 322 g/mol. The van der Waals surface area contributed by atoms with Crippen molar-refractivity contribution < 1.29 is 32.2 Å². The minimum Gasteiger partial charge on any atom is -0.232 e. The molecule has 0 amide bonds. The van der Waals surface area contributed by atoms with Crippen LogP contribution in [0.25, 0.3) is 0 Å². The minimum absolute atomic E-state index is 0. The zero-order valence-corrected chi connectivity index (χ0v) is 10.8. The van der Waals surface area contributed by atoms with Gasteiger partial charge in [-0.3, -0.25) is 0 Å². The Hall–Kier alpha value is -0.900. The Labute approximate surface area is 117 Å². The molecular formula is C14H14AgO2. The van der Waals surface area contributed by atoms with Gasteiger partial charge in [-0.2, -0.15) is 0 Å². The fourth-order valence-electron chi connectivity index (χ4n) is 1.37. The summed E-state index contributed by atoms with van der Waals surface area (Å²) in [7, 11) is 0. The molecule has 1 radical (unpaired) electrons. The van der Waals surface area contributed by atoms with Crippen LogP contribution in [-0.2, 0) is 45.4 Å². The summed E-state index contributed by atoms with van der Waals surface area (Å²) in [6.07, 6.45) is 0. The first kappa shape index (κ1) is 14.2. The summed E-state index contributed by atoms with van der Waals surface area (Å²) >= 11 is 0. The molecule has 0 unspecified atom stereocenters. The van der Waals surface area contributed by atoms with Gasteiger partial charge >= 0.3 is 0 Å². The second-order valence-electron chi connectivity index (χ2n) is 3.50. The van der Waals surface area contributed by atoms with E-state index in [0.29, 0.717) is 13.2 Å². The van der Waals surface area contributed by atoms with Crippen molar-refractivity contribution in [3.05, 3.63) is 71.8 Å². The van der Waals surface area contributed by atoms with Crippen LogP contribution in [-0.4, -0.2) is 0 Å². The van der Waals surface area contributed by atoms with E-state index in [1.807, 2.05) is 60.7 Å². The molecule has 2 aromatic carbocycles. The van der Waals surface area contributed by atoms with E-state index in [1.54, 1.807) is 0 Å². The molecule has 3 heteroatoms. The fourth-order valence-corrected chi connectivity index (χ4v) is 1.37. The first-order valence-electron chi connectivity index (χ1n) is 5.27. The van der Waals surface area contributed by atoms with E-state index in [-0.39, 0.29) is 22.4 Å². The molecule has 2 rings (SSSR count). The summed E-state index contributed by atoms with van der Waals surface area (Å²) in [6, 6.07) is 19.9. The average Bonchev–Trinajstić information content (AvgIpc) is 2.37. The largest absolute Gasteiger partial charge is 0.232 e. The van der Waals surface area contributed by atoms with Crippen LogP contribution in [0.5, 0.6) is 0 Å². The molecule has 0 atom stereocenters. The fraction of sp³-hybridized carbons (Fsp3) is 0.143. The molecule has 0 fully saturated rings. The normalized spacial score (nSPS) is 9.65. The Morgan fingerprint density at radius 2 is 0.941 bits per heavy atom. The number of rotatable bonds is 5. The number of benzene rings is 2. The summed E-state index contributed by atoms with van der Waals surface area (Å²) in [5.74, 6) is 0. The maximum atomic E-state index is 5.12. The predicted octanol–water partition coefficient (Wildman–Crippen LogP) is 3.33. The molecule has 0 aliphatic carbocycles. The zero-order valence-electron chi connectivity index (χ0n) is 9.31. The molecule has 2 nitrogen and oxygen atoms in total. The van der Waals surface area contributed by atoms with Gasteiger partial charge in [-0.1, -0.05) is 60.7 Å². The van der Waals surface area contributed by atoms with Gasteiger partial charge in [0, 0.05) is 22.4 Å². The Morgan fingerprint density at radius 1 is 0.588 bits per heavy atom. The Bertz CT molecular complexity index is 362. The van der Waals surface area contributed by atoms with Crippen LogP contribution in [0.15, 0.2) is 60.7 Å². The summed E-state index contributed by atoms with van der Waals surface area (Å²) < 4.78 is 0. The quantitative estimate of drug-likeness (QED) is 0.364. The van der Waals surface area contributed by atoms with Crippen molar-refractivity contribution in [2.24, 2.45) is 0 Å². The third-order valence-corrected chi connectivity index (χ3v) is 2.22. The van der Waals surface area contributed by atoms with Gasteiger partial charge in [-0.05, 0) is 11.1 Å². The van der Waals surface area contributed by atoms with E-state index in [1.165, 1.54) is 0 Å². The Balaban J connectivity index is 0.00000144. The van der Waals surface area contributed by atoms with E-state index in [4.69, 9.17) is 9.78 Å². The molecule has 2 aromatic rings. The standard InChI is InChI=1S/C14H14O2.Ag/c1-3-7-13(8-4-1)11-15-16-12-14-9-5-2-6-10-14;/h1-10H,11-12H2;. The van der Waals surface area contributed by atoms with Gasteiger partial charge in [0.2, 0.25) is 0 Å². The van der Waals surface area contributed by atoms with Gasteiger partial charge in [0.15, 0.2) is 0 Å². The Morgan fingerprint density at radius 3 is 1.29 bits per heavy atom. The van der Waals surface area contributed by atoms with Gasteiger partial charge in [0.1, 0.15) is 13.2 Å². The van der Waals surface area contributed by atoms with Crippen molar-refractivity contribution in [2.45, 2.75) is 13.2 Å². The third kappa shape index (κ3) is 5.31. The van der Waals surface area contributed by atoms with Gasteiger partial charge in [-0.15, -0.1) is 0 Å². The molecule has 0 aliphatic rings. The second kappa shape index (κ2) is 8.23. The van der Waals surface area contributed by atoms with Crippen LogP contribution in [0.4, 0.5) is 0 Å². The summed E-state index contributed by atoms with van der Waals surface area (Å²) in [4.78, 5) is 10.2. The Kier molecular flexibility index (Phi) is 6.86. The van der Waals surface area contributed by atoms with E-state index in [2.05, 4.69) is 0 Å².